The lowest BCUT2D eigenvalue weighted by Crippen LogP contribution is -2.47. The van der Waals surface area contributed by atoms with Gasteiger partial charge in [-0.1, -0.05) is 20.8 Å². The molecule has 1 unspecified atom stereocenters. The van der Waals surface area contributed by atoms with E-state index in [-0.39, 0.29) is 5.92 Å². The molecular formula is C12H22O3. The minimum Gasteiger partial charge on any atom is -0.479 e. The molecule has 0 spiro atoms. The zero-order valence-corrected chi connectivity index (χ0v) is 9.92. The van der Waals surface area contributed by atoms with Gasteiger partial charge in [0, 0.05) is 0 Å². The predicted molar refractivity (Wildman–Crippen MR) is 58.6 cm³/mol. The molecule has 88 valence electrons. The SMILES string of the molecule is CCC(O)(C(=O)O)C1CCC(C)(C)CC1. The van der Waals surface area contributed by atoms with Crippen LogP contribution < -0.4 is 0 Å². The lowest BCUT2D eigenvalue weighted by Gasteiger charge is -2.40. The van der Waals surface area contributed by atoms with E-state index in [2.05, 4.69) is 13.8 Å². The molecule has 1 saturated carbocycles. The Bertz CT molecular complexity index is 237. The minimum absolute atomic E-state index is 0.0759. The predicted octanol–water partition coefficient (Wildman–Crippen LogP) is 2.43. The molecule has 1 fully saturated rings. The van der Waals surface area contributed by atoms with Crippen LogP contribution in [0.1, 0.15) is 52.9 Å². The fourth-order valence-corrected chi connectivity index (χ4v) is 2.49. The van der Waals surface area contributed by atoms with Crippen molar-refractivity contribution in [1.82, 2.24) is 0 Å². The van der Waals surface area contributed by atoms with Crippen LogP contribution in [0.3, 0.4) is 0 Å². The molecule has 0 saturated heterocycles. The summed E-state index contributed by atoms with van der Waals surface area (Å²) in [5.41, 5.74) is -1.19. The zero-order chi connectivity index (χ0) is 11.7. The van der Waals surface area contributed by atoms with E-state index in [9.17, 15) is 9.90 Å². The van der Waals surface area contributed by atoms with Crippen molar-refractivity contribution in [2.24, 2.45) is 11.3 Å². The normalized spacial score (nSPS) is 25.9. The molecule has 0 aromatic heterocycles. The quantitative estimate of drug-likeness (QED) is 0.758. The molecular weight excluding hydrogens is 192 g/mol. The summed E-state index contributed by atoms with van der Waals surface area (Å²) in [6, 6.07) is 0. The number of rotatable bonds is 3. The molecule has 3 heteroatoms. The van der Waals surface area contributed by atoms with E-state index in [1.54, 1.807) is 6.92 Å². The highest BCUT2D eigenvalue weighted by Crippen LogP contribution is 2.43. The number of aliphatic hydroxyl groups is 1. The average molecular weight is 214 g/mol. The summed E-state index contributed by atoms with van der Waals surface area (Å²) in [6.45, 7) is 6.15. The molecule has 2 N–H and O–H groups in total. The molecule has 0 radical (unpaired) electrons. The van der Waals surface area contributed by atoms with Crippen molar-refractivity contribution in [2.45, 2.75) is 58.5 Å². The van der Waals surface area contributed by atoms with Crippen molar-refractivity contribution < 1.29 is 15.0 Å². The van der Waals surface area contributed by atoms with Gasteiger partial charge >= 0.3 is 5.97 Å². The van der Waals surface area contributed by atoms with E-state index in [0.29, 0.717) is 11.8 Å². The Morgan fingerprint density at radius 1 is 1.40 bits per heavy atom. The highest BCUT2D eigenvalue weighted by atomic mass is 16.4. The molecule has 0 heterocycles. The van der Waals surface area contributed by atoms with Crippen LogP contribution in [-0.2, 0) is 4.79 Å². The van der Waals surface area contributed by atoms with E-state index in [1.165, 1.54) is 0 Å². The van der Waals surface area contributed by atoms with Crippen LogP contribution in [0.5, 0.6) is 0 Å². The topological polar surface area (TPSA) is 57.5 Å². The molecule has 0 aliphatic heterocycles. The molecule has 0 aromatic rings. The van der Waals surface area contributed by atoms with Crippen LogP contribution in [0.4, 0.5) is 0 Å². The van der Waals surface area contributed by atoms with E-state index in [0.717, 1.165) is 25.7 Å². The number of carboxylic acids is 1. The Morgan fingerprint density at radius 3 is 2.20 bits per heavy atom. The molecule has 1 aliphatic carbocycles. The average Bonchev–Trinajstić information content (AvgIpc) is 2.16. The Hall–Kier alpha value is -0.570. The van der Waals surface area contributed by atoms with Crippen LogP contribution >= 0.6 is 0 Å². The zero-order valence-electron chi connectivity index (χ0n) is 9.92. The fraction of sp³-hybridized carbons (Fsp3) is 0.917. The summed E-state index contributed by atoms with van der Waals surface area (Å²) >= 11 is 0. The van der Waals surface area contributed by atoms with Crippen molar-refractivity contribution in [2.75, 3.05) is 0 Å². The van der Waals surface area contributed by atoms with Crippen LogP contribution in [-0.4, -0.2) is 21.8 Å². The molecule has 1 atom stereocenters. The molecule has 1 rings (SSSR count). The molecule has 1 aliphatic rings. The van der Waals surface area contributed by atoms with Crippen molar-refractivity contribution in [3.63, 3.8) is 0 Å². The maximum atomic E-state index is 11.1. The molecule has 0 aromatic carbocycles. The number of aliphatic carboxylic acids is 1. The van der Waals surface area contributed by atoms with Gasteiger partial charge in [0.2, 0.25) is 0 Å². The second-order valence-corrected chi connectivity index (χ2v) is 5.52. The van der Waals surface area contributed by atoms with Crippen LogP contribution in [0.25, 0.3) is 0 Å². The van der Waals surface area contributed by atoms with E-state index in [1.807, 2.05) is 0 Å². The maximum Gasteiger partial charge on any atom is 0.335 e. The molecule has 0 amide bonds. The number of hydrogen-bond donors (Lipinski definition) is 2. The maximum absolute atomic E-state index is 11.1. The summed E-state index contributed by atoms with van der Waals surface area (Å²) in [5, 5.41) is 19.2. The monoisotopic (exact) mass is 214 g/mol. The first-order valence-electron chi connectivity index (χ1n) is 5.77. The molecule has 3 nitrogen and oxygen atoms in total. The van der Waals surface area contributed by atoms with E-state index >= 15 is 0 Å². The standard InChI is InChI=1S/C12H22O3/c1-4-12(15,10(13)14)9-5-7-11(2,3)8-6-9/h9,15H,4-8H2,1-3H3,(H,13,14). The summed E-state index contributed by atoms with van der Waals surface area (Å²) in [4.78, 5) is 11.1. The third-order valence-electron chi connectivity index (χ3n) is 3.92. The lowest BCUT2D eigenvalue weighted by atomic mass is 9.67. The number of carbonyl (C=O) groups is 1. The second-order valence-electron chi connectivity index (χ2n) is 5.52. The van der Waals surface area contributed by atoms with Crippen molar-refractivity contribution in [1.29, 1.82) is 0 Å². The third-order valence-corrected chi connectivity index (χ3v) is 3.92. The lowest BCUT2D eigenvalue weighted by molar-refractivity contribution is -0.168. The summed E-state index contributed by atoms with van der Waals surface area (Å²) in [5.74, 6) is -1.14. The summed E-state index contributed by atoms with van der Waals surface area (Å²) < 4.78 is 0. The first-order chi connectivity index (χ1) is 6.82. The van der Waals surface area contributed by atoms with Crippen LogP contribution in [0.15, 0.2) is 0 Å². The van der Waals surface area contributed by atoms with Gasteiger partial charge in [-0.3, -0.25) is 0 Å². The minimum atomic E-state index is -1.50. The fourth-order valence-electron chi connectivity index (χ4n) is 2.49. The Labute approximate surface area is 91.5 Å². The Balaban J connectivity index is 2.70. The third kappa shape index (κ3) is 2.51. The van der Waals surface area contributed by atoms with Crippen molar-refractivity contribution in [3.05, 3.63) is 0 Å². The summed E-state index contributed by atoms with van der Waals surface area (Å²) in [6.07, 6.45) is 3.96. The van der Waals surface area contributed by atoms with E-state index in [4.69, 9.17) is 5.11 Å². The van der Waals surface area contributed by atoms with Gasteiger partial charge in [-0.15, -0.1) is 0 Å². The Morgan fingerprint density at radius 2 is 1.87 bits per heavy atom. The van der Waals surface area contributed by atoms with Gasteiger partial charge in [-0.25, -0.2) is 4.79 Å². The van der Waals surface area contributed by atoms with Gasteiger partial charge in [0.15, 0.2) is 5.60 Å². The summed E-state index contributed by atoms with van der Waals surface area (Å²) in [7, 11) is 0. The van der Waals surface area contributed by atoms with Crippen molar-refractivity contribution >= 4 is 5.97 Å². The van der Waals surface area contributed by atoms with Crippen LogP contribution in [0, 0.1) is 11.3 Å². The first-order valence-corrected chi connectivity index (χ1v) is 5.77. The number of carboxylic acid groups (broad SMARTS) is 1. The highest BCUT2D eigenvalue weighted by Gasteiger charge is 2.44. The second kappa shape index (κ2) is 4.12. The smallest absolute Gasteiger partial charge is 0.335 e. The van der Waals surface area contributed by atoms with Gasteiger partial charge in [-0.05, 0) is 43.4 Å². The number of hydrogen-bond acceptors (Lipinski definition) is 2. The van der Waals surface area contributed by atoms with Gasteiger partial charge in [0.1, 0.15) is 0 Å². The van der Waals surface area contributed by atoms with Gasteiger partial charge in [-0.2, -0.15) is 0 Å². The first kappa shape index (κ1) is 12.5. The molecule has 0 bridgehead atoms. The van der Waals surface area contributed by atoms with Gasteiger partial charge in [0.05, 0.1) is 0 Å². The molecule has 15 heavy (non-hydrogen) atoms. The van der Waals surface area contributed by atoms with Crippen molar-refractivity contribution in [3.8, 4) is 0 Å². The van der Waals surface area contributed by atoms with Gasteiger partial charge in [0.25, 0.3) is 0 Å². The Kier molecular flexibility index (Phi) is 3.44. The largest absolute Gasteiger partial charge is 0.479 e. The van der Waals surface area contributed by atoms with E-state index < -0.39 is 11.6 Å². The highest BCUT2D eigenvalue weighted by molar-refractivity contribution is 5.77. The van der Waals surface area contributed by atoms with Crippen LogP contribution in [0.2, 0.25) is 0 Å². The van der Waals surface area contributed by atoms with Gasteiger partial charge < -0.3 is 10.2 Å².